The lowest BCUT2D eigenvalue weighted by atomic mass is 9.95. The van der Waals surface area contributed by atoms with E-state index in [4.69, 9.17) is 14.5 Å². The fraction of sp³-hybridized carbons (Fsp3) is 0.364. The van der Waals surface area contributed by atoms with Crippen LogP contribution in [0.3, 0.4) is 0 Å². The number of carbonyl (C=O) groups is 2. The Balaban J connectivity index is 1.84. The van der Waals surface area contributed by atoms with E-state index in [1.54, 1.807) is 35.5 Å². The number of morpholine rings is 1. The summed E-state index contributed by atoms with van der Waals surface area (Å²) in [5, 5.41) is 15.2. The first-order valence-corrected chi connectivity index (χ1v) is 12.2. The Labute approximate surface area is 207 Å². The molecule has 1 fully saturated rings. The zero-order valence-corrected chi connectivity index (χ0v) is 20.6. The van der Waals surface area contributed by atoms with E-state index >= 15 is 0 Å². The number of amidine groups is 1. The molecule has 0 unspecified atom stereocenters. The molecule has 180 valence electrons. The maximum absolute atomic E-state index is 14.5. The van der Waals surface area contributed by atoms with Crippen molar-refractivity contribution in [3.8, 4) is 0 Å². The molecule has 0 bridgehead atoms. The fourth-order valence-electron chi connectivity index (χ4n) is 3.83. The number of carboxylic acids is 1. The number of thiazole rings is 1. The van der Waals surface area contributed by atoms with E-state index in [0.29, 0.717) is 35.3 Å². The van der Waals surface area contributed by atoms with Crippen molar-refractivity contribution in [2.45, 2.75) is 19.0 Å². The summed E-state index contributed by atoms with van der Waals surface area (Å²) >= 11 is 4.64. The van der Waals surface area contributed by atoms with Crippen molar-refractivity contribution in [3.63, 3.8) is 0 Å². The predicted octanol–water partition coefficient (Wildman–Crippen LogP) is 2.74. The first-order chi connectivity index (χ1) is 16.4. The number of nitrogens with zero attached hydrogens (tertiary/aromatic N) is 3. The predicted molar refractivity (Wildman–Crippen MR) is 126 cm³/mol. The normalized spacial score (nSPS) is 21.1. The van der Waals surface area contributed by atoms with Crippen LogP contribution >= 0.6 is 27.3 Å². The topological polar surface area (TPSA) is 113 Å². The molecular weight excluding hydrogens is 531 g/mol. The van der Waals surface area contributed by atoms with Gasteiger partial charge in [-0.1, -0.05) is 12.1 Å². The van der Waals surface area contributed by atoms with Gasteiger partial charge in [-0.15, -0.1) is 11.3 Å². The lowest BCUT2D eigenvalue weighted by Crippen LogP contribution is -2.52. The smallest absolute Gasteiger partial charge is 0.338 e. The first kappa shape index (κ1) is 24.5. The highest BCUT2D eigenvalue weighted by Crippen LogP contribution is 2.37. The third kappa shape index (κ3) is 5.04. The van der Waals surface area contributed by atoms with Crippen molar-refractivity contribution >= 4 is 45.0 Å². The van der Waals surface area contributed by atoms with Crippen molar-refractivity contribution in [1.29, 1.82) is 0 Å². The summed E-state index contributed by atoms with van der Waals surface area (Å²) in [4.78, 5) is 35.7. The van der Waals surface area contributed by atoms with Crippen LogP contribution < -0.4 is 5.32 Å². The largest absolute Gasteiger partial charge is 0.480 e. The number of hydrogen-bond acceptors (Lipinski definition) is 9. The van der Waals surface area contributed by atoms with Crippen LogP contribution in [0.2, 0.25) is 0 Å². The molecule has 0 spiro atoms. The Morgan fingerprint density at radius 2 is 2.26 bits per heavy atom. The van der Waals surface area contributed by atoms with Gasteiger partial charge in [0, 0.05) is 30.4 Å². The third-order valence-corrected chi connectivity index (χ3v) is 7.03. The van der Waals surface area contributed by atoms with Gasteiger partial charge in [-0.05, 0) is 34.5 Å². The van der Waals surface area contributed by atoms with Crippen molar-refractivity contribution in [3.05, 3.63) is 61.9 Å². The van der Waals surface area contributed by atoms with Gasteiger partial charge in [0.1, 0.15) is 17.9 Å². The standard InChI is InChI=1S/C22H22BrFN4O5S/c1-2-33-22(31)16-14(10-28-7-8-32-11-15(28)21(29)30)26-19(20-25-6-9-34-20)27-18(16)12-4-3-5-13(24)17(12)23/h3-6,9,15,18H,2,7-8,10-11H2,1H3,(H,26,27)(H,29,30)/t15-,18-/m0/s1. The first-order valence-electron chi connectivity index (χ1n) is 10.5. The maximum Gasteiger partial charge on any atom is 0.338 e. The van der Waals surface area contributed by atoms with E-state index in [1.165, 1.54) is 17.4 Å². The molecule has 12 heteroatoms. The van der Waals surface area contributed by atoms with Gasteiger partial charge in [0.25, 0.3) is 0 Å². The number of carbonyl (C=O) groups excluding carboxylic acids is 1. The molecule has 2 aliphatic rings. The van der Waals surface area contributed by atoms with E-state index in [9.17, 15) is 19.1 Å². The molecule has 0 radical (unpaired) electrons. The Hall–Kier alpha value is -2.67. The zero-order chi connectivity index (χ0) is 24.2. The Morgan fingerprint density at radius 3 is 2.97 bits per heavy atom. The second-order valence-electron chi connectivity index (χ2n) is 7.50. The maximum atomic E-state index is 14.5. The van der Waals surface area contributed by atoms with Gasteiger partial charge in [-0.25, -0.2) is 14.2 Å². The number of aliphatic imine (C=N–C) groups is 1. The fourth-order valence-corrected chi connectivity index (χ4v) is 4.90. The van der Waals surface area contributed by atoms with Gasteiger partial charge in [0.2, 0.25) is 0 Å². The average Bonchev–Trinajstić information content (AvgIpc) is 3.36. The highest BCUT2D eigenvalue weighted by atomic mass is 79.9. The molecule has 0 saturated carbocycles. The van der Waals surface area contributed by atoms with Gasteiger partial charge >= 0.3 is 11.9 Å². The third-order valence-electron chi connectivity index (χ3n) is 5.42. The van der Waals surface area contributed by atoms with Crippen LogP contribution in [0, 0.1) is 5.82 Å². The molecule has 3 heterocycles. The highest BCUT2D eigenvalue weighted by Gasteiger charge is 2.37. The number of benzene rings is 1. The molecule has 0 amide bonds. The van der Waals surface area contributed by atoms with Gasteiger partial charge in [0.15, 0.2) is 10.8 Å². The minimum Gasteiger partial charge on any atom is -0.480 e. The molecule has 9 nitrogen and oxygen atoms in total. The summed E-state index contributed by atoms with van der Waals surface area (Å²) in [5.74, 6) is -1.73. The SMILES string of the molecule is CCOC(=O)C1=C(CN2CCOC[C@H]2C(=O)O)NC(c2nccs2)=N[C@H]1c1cccc(F)c1Br. The Bertz CT molecular complexity index is 1140. The monoisotopic (exact) mass is 552 g/mol. The molecule has 2 N–H and O–H groups in total. The number of halogens is 2. The summed E-state index contributed by atoms with van der Waals surface area (Å²) in [6.45, 7) is 2.67. The summed E-state index contributed by atoms with van der Waals surface area (Å²) in [6.07, 6.45) is 1.63. The molecular formula is C22H22BrFN4O5S. The number of aromatic nitrogens is 1. The van der Waals surface area contributed by atoms with Gasteiger partial charge in [-0.3, -0.25) is 14.7 Å². The lowest BCUT2D eigenvalue weighted by molar-refractivity contribution is -0.149. The molecule has 0 aliphatic carbocycles. The lowest BCUT2D eigenvalue weighted by Gasteiger charge is -2.35. The molecule has 4 rings (SSSR count). The molecule has 2 aliphatic heterocycles. The number of aliphatic carboxylic acids is 1. The Kier molecular flexibility index (Phi) is 7.71. The minimum atomic E-state index is -1.02. The van der Waals surface area contributed by atoms with Gasteiger partial charge in [0.05, 0.1) is 29.9 Å². The average molecular weight is 553 g/mol. The molecule has 1 aromatic carbocycles. The Morgan fingerprint density at radius 1 is 1.44 bits per heavy atom. The number of hydrogen-bond donors (Lipinski definition) is 2. The van der Waals surface area contributed by atoms with Gasteiger partial charge in [-0.2, -0.15) is 0 Å². The van der Waals surface area contributed by atoms with E-state index in [0.717, 1.165) is 0 Å². The van der Waals surface area contributed by atoms with Crippen LogP contribution in [0.5, 0.6) is 0 Å². The van der Waals surface area contributed by atoms with Crippen LogP contribution in [0.4, 0.5) is 4.39 Å². The zero-order valence-electron chi connectivity index (χ0n) is 18.2. The molecule has 1 saturated heterocycles. The van der Waals surface area contributed by atoms with Crippen LogP contribution in [-0.4, -0.2) is 71.7 Å². The summed E-state index contributed by atoms with van der Waals surface area (Å²) < 4.78 is 25.3. The van der Waals surface area contributed by atoms with Crippen molar-refractivity contribution < 1.29 is 28.6 Å². The number of carboxylic acid groups (broad SMARTS) is 1. The summed E-state index contributed by atoms with van der Waals surface area (Å²) in [6, 6.07) is 2.75. The number of rotatable bonds is 7. The van der Waals surface area contributed by atoms with Crippen molar-refractivity contribution in [2.24, 2.45) is 4.99 Å². The number of esters is 1. The van der Waals surface area contributed by atoms with Gasteiger partial charge < -0.3 is 19.9 Å². The van der Waals surface area contributed by atoms with E-state index in [-0.39, 0.29) is 29.8 Å². The summed E-state index contributed by atoms with van der Waals surface area (Å²) in [7, 11) is 0. The highest BCUT2D eigenvalue weighted by molar-refractivity contribution is 9.10. The van der Waals surface area contributed by atoms with Crippen molar-refractivity contribution in [1.82, 2.24) is 15.2 Å². The second-order valence-corrected chi connectivity index (χ2v) is 9.19. The molecule has 34 heavy (non-hydrogen) atoms. The van der Waals surface area contributed by atoms with Crippen LogP contribution in [0.25, 0.3) is 0 Å². The number of ether oxygens (including phenoxy) is 2. The second kappa shape index (κ2) is 10.7. The van der Waals surface area contributed by atoms with Crippen LogP contribution in [-0.2, 0) is 19.1 Å². The van der Waals surface area contributed by atoms with E-state index in [2.05, 4.69) is 26.2 Å². The molecule has 1 aromatic heterocycles. The summed E-state index contributed by atoms with van der Waals surface area (Å²) in [5.41, 5.74) is 1.05. The quantitative estimate of drug-likeness (QED) is 0.504. The van der Waals surface area contributed by atoms with Crippen molar-refractivity contribution in [2.75, 3.05) is 32.9 Å². The molecule has 2 atom stereocenters. The van der Waals surface area contributed by atoms with E-state index < -0.39 is 29.8 Å². The van der Waals surface area contributed by atoms with Crippen LogP contribution in [0.1, 0.15) is 23.5 Å². The van der Waals surface area contributed by atoms with E-state index in [1.807, 2.05) is 0 Å². The molecule has 2 aromatic rings. The minimum absolute atomic E-state index is 0.0314. The van der Waals surface area contributed by atoms with Crippen LogP contribution in [0.15, 0.2) is 50.5 Å². The number of nitrogens with one attached hydrogen (secondary N) is 1.